The molecule has 0 bridgehead atoms. The highest BCUT2D eigenvalue weighted by atomic mass is 32.1. The van der Waals surface area contributed by atoms with Crippen LogP contribution in [0.2, 0.25) is 0 Å². The number of aliphatic hydroxyl groups excluding tert-OH is 1. The standard InChI is InChI=1S/C22H31N7O4.C18H19F3N4OS.C2H6.2H2/c1-15-13-27(8-4-12-30)10-11-28(15)14-19(32)23-17-6-3-5-16-20(17)26(2)25-21(16)29-9-7-18(31)24-22(29)33;1-17(2)15(26)24(16(27)25(17)11-6-4-3-5-7-11)12-8-13(18(19,20)21)14(9-22)23-10-12;1-2;;/h3,5-6,15,30H,4,7-14H2,1-2H3,(H,23,32)(H,24,31,33);8,10-11H,3-7H2,1-2H3;1-2H3;2*1H/t15-;;;;/m0..../s1. The van der Waals surface area contributed by atoms with Crippen LogP contribution in [0.4, 0.5) is 35.2 Å². The van der Waals surface area contributed by atoms with Crippen LogP contribution in [0.25, 0.3) is 10.9 Å². The van der Waals surface area contributed by atoms with Crippen LogP contribution in [0.5, 0.6) is 0 Å². The molecule has 1 atom stereocenters. The van der Waals surface area contributed by atoms with Gasteiger partial charge >= 0.3 is 12.2 Å². The Bertz CT molecular complexity index is 2200. The van der Waals surface area contributed by atoms with Crippen molar-refractivity contribution in [3.63, 3.8) is 0 Å². The van der Waals surface area contributed by atoms with Gasteiger partial charge in [-0.05, 0) is 70.5 Å². The van der Waals surface area contributed by atoms with Crippen molar-refractivity contribution in [3.8, 4) is 6.07 Å². The van der Waals surface area contributed by atoms with E-state index in [1.807, 2.05) is 36.9 Å². The van der Waals surface area contributed by atoms with Crippen LogP contribution < -0.4 is 20.4 Å². The van der Waals surface area contributed by atoms with Crippen LogP contribution in [0.15, 0.2) is 30.5 Å². The first-order chi connectivity index (χ1) is 29.5. The van der Waals surface area contributed by atoms with Gasteiger partial charge in [0, 0.05) is 73.1 Å². The predicted molar refractivity (Wildman–Crippen MR) is 236 cm³/mol. The van der Waals surface area contributed by atoms with Crippen LogP contribution in [-0.4, -0.2) is 127 Å². The number of imide groups is 1. The number of fused-ring (bicyclic) bond motifs is 1. The lowest BCUT2D eigenvalue weighted by Crippen LogP contribution is -2.53. The Morgan fingerprint density at radius 3 is 2.47 bits per heavy atom. The SMILES string of the molecule is CC.CC1(C)C(=O)N(c2cnc(C#N)c(C(F)(F)F)c2)C(=S)N1C1CCCCC1.C[C@H]1CN(CCCO)CCN1CC(=O)Nc1cccc2c(N3CCC(=O)NC3=O)nn(C)c12.[HH].[HH]. The van der Waals surface area contributed by atoms with Crippen LogP contribution in [0, 0.1) is 11.3 Å². The molecule has 340 valence electrons. The van der Waals surface area contributed by atoms with Gasteiger partial charge in [-0.2, -0.15) is 23.5 Å². The van der Waals surface area contributed by atoms with Crippen molar-refractivity contribution >= 4 is 69.2 Å². The van der Waals surface area contributed by atoms with E-state index in [4.69, 9.17) is 22.6 Å². The fourth-order valence-corrected chi connectivity index (χ4v) is 9.00. The van der Waals surface area contributed by atoms with E-state index in [9.17, 15) is 32.3 Å². The number of piperazine rings is 1. The summed E-state index contributed by atoms with van der Waals surface area (Å²) in [5.41, 5.74) is -1.58. The van der Waals surface area contributed by atoms with Crippen LogP contribution in [0.1, 0.15) is 93.7 Å². The minimum Gasteiger partial charge on any atom is -0.396 e. The third kappa shape index (κ3) is 10.3. The minimum atomic E-state index is -4.75. The molecule has 16 nitrogen and oxygen atoms in total. The van der Waals surface area contributed by atoms with Gasteiger partial charge in [0.25, 0.3) is 5.91 Å². The normalized spacial score (nSPS) is 20.0. The van der Waals surface area contributed by atoms with Gasteiger partial charge in [-0.15, -0.1) is 0 Å². The van der Waals surface area contributed by atoms with Gasteiger partial charge in [-0.1, -0.05) is 39.2 Å². The Morgan fingerprint density at radius 2 is 1.84 bits per heavy atom. The van der Waals surface area contributed by atoms with Gasteiger partial charge in [-0.3, -0.25) is 39.1 Å². The predicted octanol–water partition coefficient (Wildman–Crippen LogP) is 5.88. The zero-order chi connectivity index (χ0) is 45.5. The molecule has 1 saturated carbocycles. The van der Waals surface area contributed by atoms with Gasteiger partial charge in [0.1, 0.15) is 11.6 Å². The number of carbonyl (C=O) groups excluding carboxylic acids is 4. The van der Waals surface area contributed by atoms with Gasteiger partial charge in [0.15, 0.2) is 16.6 Å². The number of urea groups is 1. The van der Waals surface area contributed by atoms with Crippen molar-refractivity contribution in [3.05, 3.63) is 41.7 Å². The number of hydrogen-bond acceptors (Lipinski definition) is 11. The molecule has 7 rings (SSSR count). The second-order valence-corrected chi connectivity index (χ2v) is 16.4. The Kier molecular flexibility index (Phi) is 15.7. The van der Waals surface area contributed by atoms with E-state index in [-0.39, 0.29) is 63.7 Å². The summed E-state index contributed by atoms with van der Waals surface area (Å²) in [6.07, 6.45) is 2.30. The Hall–Kier alpha value is -5.23. The Morgan fingerprint density at radius 1 is 1.13 bits per heavy atom. The number of nitrogens with zero attached hydrogens (tertiary/aromatic N) is 9. The van der Waals surface area contributed by atoms with Crippen molar-refractivity contribution < 1.29 is 40.3 Å². The summed E-state index contributed by atoms with van der Waals surface area (Å²) in [4.78, 5) is 62.2. The number of aliphatic hydroxyl groups is 1. The van der Waals surface area contributed by atoms with Crippen molar-refractivity contribution in [1.82, 2.24) is 34.8 Å². The number of nitrogens with one attached hydrogen (secondary N) is 2. The highest BCUT2D eigenvalue weighted by Gasteiger charge is 2.52. The molecule has 20 heteroatoms. The van der Waals surface area contributed by atoms with E-state index in [0.29, 0.717) is 17.0 Å². The molecule has 2 aromatic heterocycles. The number of carbonyl (C=O) groups is 4. The summed E-state index contributed by atoms with van der Waals surface area (Å²) in [7, 11) is 1.77. The van der Waals surface area contributed by atoms with Crippen molar-refractivity contribution in [2.24, 2.45) is 7.05 Å². The molecular weight excluding hydrogens is 828 g/mol. The fourth-order valence-electron chi connectivity index (χ4n) is 8.43. The van der Waals surface area contributed by atoms with E-state index in [2.05, 4.69) is 37.4 Å². The number of pyridine rings is 1. The maximum absolute atomic E-state index is 13.3. The molecule has 0 spiro atoms. The van der Waals surface area contributed by atoms with Gasteiger partial charge in [-0.25, -0.2) is 9.78 Å². The first-order valence-electron chi connectivity index (χ1n) is 21.1. The molecule has 4 fully saturated rings. The summed E-state index contributed by atoms with van der Waals surface area (Å²) in [6.45, 7) is 13.7. The highest BCUT2D eigenvalue weighted by molar-refractivity contribution is 7.80. The molecule has 4 aliphatic rings. The molecule has 3 N–H and O–H groups in total. The molecular formula is C42H60F3N11O5S. The topological polar surface area (TPSA) is 183 Å². The highest BCUT2D eigenvalue weighted by Crippen LogP contribution is 2.40. The first kappa shape index (κ1) is 47.8. The van der Waals surface area contributed by atoms with Crippen molar-refractivity contribution in [1.29, 1.82) is 5.26 Å². The molecule has 3 saturated heterocycles. The second kappa shape index (κ2) is 20.3. The van der Waals surface area contributed by atoms with Gasteiger partial charge in [0.05, 0.1) is 35.2 Å². The molecule has 0 radical (unpaired) electrons. The molecule has 3 aromatic rings. The first-order valence-corrected chi connectivity index (χ1v) is 21.5. The number of halogens is 3. The number of aromatic nitrogens is 3. The summed E-state index contributed by atoms with van der Waals surface area (Å²) >= 11 is 5.51. The largest absolute Gasteiger partial charge is 0.419 e. The number of rotatable bonds is 9. The summed E-state index contributed by atoms with van der Waals surface area (Å²) in [6, 6.07) is 7.54. The lowest BCUT2D eigenvalue weighted by atomic mass is 9.91. The van der Waals surface area contributed by atoms with Crippen molar-refractivity contribution in [2.45, 2.75) is 103 Å². The number of nitriles is 1. The molecule has 0 unspecified atom stereocenters. The number of amides is 5. The summed E-state index contributed by atoms with van der Waals surface area (Å²) in [5, 5.41) is 28.7. The van der Waals surface area contributed by atoms with E-state index >= 15 is 0 Å². The maximum Gasteiger partial charge on any atom is 0.419 e. The lowest BCUT2D eigenvalue weighted by Gasteiger charge is -2.39. The number of thiocarbonyl (C=S) groups is 1. The molecule has 1 aromatic carbocycles. The molecule has 1 aliphatic carbocycles. The van der Waals surface area contributed by atoms with Gasteiger partial charge < -0.3 is 20.2 Å². The summed E-state index contributed by atoms with van der Waals surface area (Å²) < 4.78 is 41.5. The average Bonchev–Trinajstić information content (AvgIpc) is 3.66. The zero-order valence-electron chi connectivity index (χ0n) is 36.1. The molecule has 62 heavy (non-hydrogen) atoms. The zero-order valence-corrected chi connectivity index (χ0v) is 36.9. The fraction of sp³-hybridized carbons (Fsp3) is 0.571. The van der Waals surface area contributed by atoms with E-state index < -0.39 is 34.9 Å². The van der Waals surface area contributed by atoms with Gasteiger partial charge in [0.2, 0.25) is 11.8 Å². The van der Waals surface area contributed by atoms with E-state index in [1.54, 1.807) is 25.6 Å². The molecule has 5 heterocycles. The smallest absolute Gasteiger partial charge is 0.396 e. The maximum atomic E-state index is 13.3. The number of para-hydroxylation sites is 1. The number of hydrogen-bond donors (Lipinski definition) is 3. The second-order valence-electron chi connectivity index (χ2n) is 16.0. The molecule has 3 aliphatic heterocycles. The summed E-state index contributed by atoms with van der Waals surface area (Å²) in [5.74, 6) is -0.339. The number of alkyl halides is 3. The average molecular weight is 888 g/mol. The lowest BCUT2D eigenvalue weighted by molar-refractivity contribution is -0.138. The van der Waals surface area contributed by atoms with Crippen molar-refractivity contribution in [2.75, 3.05) is 61.0 Å². The Balaban J connectivity index is 0.000000324. The minimum absolute atomic E-state index is 0. The third-order valence-corrected chi connectivity index (χ3v) is 11.8. The monoisotopic (exact) mass is 887 g/mol. The third-order valence-electron chi connectivity index (χ3n) is 11.5. The number of anilines is 3. The molecule has 5 amide bonds. The number of benzene rings is 1. The van der Waals surface area contributed by atoms with Crippen LogP contribution in [0.3, 0.4) is 0 Å². The van der Waals surface area contributed by atoms with E-state index in [0.717, 1.165) is 87.3 Å². The number of aryl methyl sites for hydroxylation is 1. The van der Waals surface area contributed by atoms with E-state index in [1.165, 1.54) is 11.0 Å². The van der Waals surface area contributed by atoms with Crippen LogP contribution in [-0.2, 0) is 27.6 Å². The quantitative estimate of drug-likeness (QED) is 0.217. The van der Waals surface area contributed by atoms with Crippen LogP contribution >= 0.6 is 12.2 Å². The Labute approximate surface area is 367 Å².